The Kier molecular flexibility index (Phi) is 41.8. The fraction of sp³-hybridized carbons (Fsp3) is 0.362. The van der Waals surface area contributed by atoms with Crippen LogP contribution in [0.2, 0.25) is 0 Å². The van der Waals surface area contributed by atoms with Crippen LogP contribution in [0.3, 0.4) is 0 Å². The van der Waals surface area contributed by atoms with Crippen LogP contribution in [0, 0.1) is 86.3 Å². The average Bonchev–Trinajstić information content (AvgIpc) is 1.63. The van der Waals surface area contributed by atoms with Crippen molar-refractivity contribution in [2.75, 3.05) is 111 Å². The van der Waals surface area contributed by atoms with Crippen LogP contribution in [-0.4, -0.2) is 178 Å². The second-order valence-electron chi connectivity index (χ2n) is 29.4. The number of hydrogen-bond acceptors (Lipinski definition) is 24. The summed E-state index contributed by atoms with van der Waals surface area (Å²) in [5, 5.41) is 45.7. The van der Waals surface area contributed by atoms with Crippen LogP contribution in [0.15, 0.2) is 132 Å². The Bertz CT molecular complexity index is 5770. The van der Waals surface area contributed by atoms with Gasteiger partial charge in [-0.1, -0.05) is 82.0 Å². The second-order valence-corrected chi connectivity index (χ2v) is 30.2. The molecule has 4 aromatic heterocycles. The number of aliphatic imine (C=N–C) groups is 1. The number of nitrogens with zero attached hydrogens (tertiary/aromatic N) is 12. The van der Waals surface area contributed by atoms with Gasteiger partial charge in [0.15, 0.2) is 34.9 Å². The van der Waals surface area contributed by atoms with E-state index in [9.17, 15) is 63.8 Å². The van der Waals surface area contributed by atoms with Gasteiger partial charge in [-0.3, -0.25) is 24.5 Å². The first-order valence-electron chi connectivity index (χ1n) is 39.7. The standard InChI is InChI=1S/C30H28F3N5O4.C29H25F3N4O3.C20H20FN3O3.C8H8F2N2O2.C3H7BrO.4CH4/c1-41-12-11-38-24-14-21(30(39)40)27(32)28(33)29(24)36-25(38)16-37-9-7-19(8-10-37)23-3-2-4-26(35-23)42-17-20-6-5-18(15-34)13-22(20)31;1-38-29(37)22-13-20-12-21(34-28(20)27(32)26(22)31)15-36-9-7-18(8-10-36)24-3-2-4-25(35-24)39-16-19-6-5-17(14-33)11-23(19)30;21-17-10-14(11-22)4-5-16(17)13-27-19-3-1-2-18(23-19)15-6-8-24(9-7-15)12-20(25)26;1-14-8(13)3-2-4(11)7(12)6(10)5(3)9;1-5-3-2-4;;;;/h2-6,13-14,19H,7-12,16-17H2,1H3,(H,39,40);2-6,11,13,18H,7-10,12,15-16H2,1H3;1-5,10,15H,6-9,12-13H2,(H,25,26);2H,11-12H2,1H3;2-3H2,1H3;4*1H4. The number of esters is 2. The molecule has 0 unspecified atom stereocenters. The number of likely N-dealkylation sites (tertiary alicyclic amines) is 3. The molecular weight excluding hydrogens is 1780 g/mol. The molecule has 6 aromatic carbocycles. The number of nitrogens with two attached hydrogens (primary N) is 2. The molecule has 0 spiro atoms. The smallest absolute Gasteiger partial charge is 0.341 e. The van der Waals surface area contributed by atoms with Crippen molar-refractivity contribution in [3.05, 3.63) is 258 Å². The average molecular weight is 1890 g/mol. The normalized spacial score (nSPS) is 13.7. The van der Waals surface area contributed by atoms with Crippen LogP contribution in [0.4, 0.5) is 56.6 Å². The van der Waals surface area contributed by atoms with E-state index in [0.29, 0.717) is 90.6 Å². The number of halogens is 10. The number of carboxylic acid groups (broad SMARTS) is 2. The minimum atomic E-state index is -1.55. The summed E-state index contributed by atoms with van der Waals surface area (Å²) in [6.07, 6.45) is 5.28. The first kappa shape index (κ1) is 107. The summed E-state index contributed by atoms with van der Waals surface area (Å²) in [4.78, 5) is 73.7. The van der Waals surface area contributed by atoms with E-state index in [1.807, 2.05) is 59.5 Å². The lowest BCUT2D eigenvalue weighted by Gasteiger charge is -2.31. The number of nitriles is 3. The SMILES string of the molecule is C.C.C.C.COC(=O)c1cc(N)c(N)c(F)c1F.COC(=O)c1cc2c(c(F)c1F)N=C(CN1CCC(c3cccc(OCc4ccc(C#N)cc4F)n3)CC1)C2.COCCBr.COCCn1c(CN2CCC(c3cccc(OCc4ccc(C#N)cc4F)n3)CC2)nc2c(F)c(F)c(C(=O)O)cc21.N#Cc1ccc(COc2cccc(C3CCN(CC(=O)O)CC3)n2)c(F)c1. The number of piperidine rings is 3. The molecule has 698 valence electrons. The number of alkyl halides is 1. The molecular formula is C94H104BrF9N14O13. The Morgan fingerprint density at radius 2 is 0.893 bits per heavy atom. The van der Waals surface area contributed by atoms with Crippen LogP contribution in [0.1, 0.15) is 179 Å². The van der Waals surface area contributed by atoms with Gasteiger partial charge in [0.25, 0.3) is 0 Å². The summed E-state index contributed by atoms with van der Waals surface area (Å²) in [6.45, 7) is 6.72. The van der Waals surface area contributed by atoms with Crippen molar-refractivity contribution in [1.29, 1.82) is 15.8 Å². The maximum atomic E-state index is 14.8. The molecule has 0 amide bonds. The van der Waals surface area contributed by atoms with Gasteiger partial charge in [0.05, 0.1) is 97.9 Å². The van der Waals surface area contributed by atoms with E-state index in [2.05, 4.69) is 64.9 Å². The van der Waals surface area contributed by atoms with Gasteiger partial charge in [-0.05, 0) is 156 Å². The maximum absolute atomic E-state index is 14.8. The molecule has 0 aliphatic carbocycles. The summed E-state index contributed by atoms with van der Waals surface area (Å²) < 4.78 is 164. The van der Waals surface area contributed by atoms with E-state index in [-0.39, 0.29) is 120 Å². The number of anilines is 2. The number of ether oxygens (including phenoxy) is 7. The van der Waals surface area contributed by atoms with Gasteiger partial charge < -0.3 is 59.4 Å². The lowest BCUT2D eigenvalue weighted by Crippen LogP contribution is -2.37. The number of aliphatic carboxylic acids is 1. The zero-order chi connectivity index (χ0) is 91.5. The first-order valence-corrected chi connectivity index (χ1v) is 40.9. The molecule has 37 heteroatoms. The topological polar surface area (TPSA) is 375 Å². The molecule has 27 nitrogen and oxygen atoms in total. The number of fused-ring (bicyclic) bond motifs is 2. The molecule has 0 saturated carbocycles. The largest absolute Gasteiger partial charge is 0.480 e. The number of pyridine rings is 3. The van der Waals surface area contributed by atoms with Gasteiger partial charge in [0.1, 0.15) is 65.4 Å². The molecule has 0 bridgehead atoms. The minimum Gasteiger partial charge on any atom is -0.480 e. The summed E-state index contributed by atoms with van der Waals surface area (Å²) >= 11 is 3.18. The fourth-order valence-corrected chi connectivity index (χ4v) is 14.6. The Morgan fingerprint density at radius 3 is 1.27 bits per heavy atom. The summed E-state index contributed by atoms with van der Waals surface area (Å²) in [5.74, 6) is -11.2. The zero-order valence-corrected chi connectivity index (χ0v) is 70.9. The van der Waals surface area contributed by atoms with E-state index in [1.165, 1.54) is 55.6 Å². The van der Waals surface area contributed by atoms with Crippen LogP contribution >= 0.6 is 15.9 Å². The molecule has 4 aliphatic rings. The summed E-state index contributed by atoms with van der Waals surface area (Å²) in [5.41, 5.74) is 13.5. The van der Waals surface area contributed by atoms with Gasteiger partial charge in [-0.2, -0.15) is 15.8 Å². The van der Waals surface area contributed by atoms with Crippen molar-refractivity contribution < 1.29 is 102 Å². The number of imidazole rings is 1. The third-order valence-electron chi connectivity index (χ3n) is 21.1. The van der Waals surface area contributed by atoms with Gasteiger partial charge in [-0.15, -0.1) is 0 Å². The number of carbonyl (C=O) groups is 4. The van der Waals surface area contributed by atoms with Crippen LogP contribution in [0.25, 0.3) is 11.0 Å². The maximum Gasteiger partial charge on any atom is 0.341 e. The molecule has 0 atom stereocenters. The van der Waals surface area contributed by atoms with Crippen molar-refractivity contribution in [3.8, 4) is 35.8 Å². The van der Waals surface area contributed by atoms with Crippen LogP contribution < -0.4 is 25.7 Å². The monoisotopic (exact) mass is 1890 g/mol. The van der Waals surface area contributed by atoms with E-state index in [0.717, 1.165) is 120 Å². The fourth-order valence-electron chi connectivity index (χ4n) is 14.3. The van der Waals surface area contributed by atoms with Crippen LogP contribution in [0.5, 0.6) is 17.6 Å². The Labute approximate surface area is 762 Å². The molecule has 3 saturated heterocycles. The van der Waals surface area contributed by atoms with Crippen LogP contribution in [-0.2, 0) is 63.1 Å². The Hall–Kier alpha value is -13.1. The lowest BCUT2D eigenvalue weighted by atomic mass is 9.93. The van der Waals surface area contributed by atoms with Gasteiger partial charge in [0.2, 0.25) is 17.6 Å². The van der Waals surface area contributed by atoms with E-state index >= 15 is 0 Å². The molecule has 131 heavy (non-hydrogen) atoms. The number of hydrogen-bond donors (Lipinski definition) is 4. The Morgan fingerprint density at radius 1 is 0.489 bits per heavy atom. The molecule has 4 aliphatic heterocycles. The van der Waals surface area contributed by atoms with Gasteiger partial charge >= 0.3 is 23.9 Å². The molecule has 8 heterocycles. The predicted octanol–water partition coefficient (Wildman–Crippen LogP) is 17.7. The van der Waals surface area contributed by atoms with Crippen molar-refractivity contribution in [3.63, 3.8) is 0 Å². The number of carboxylic acids is 2. The Balaban J connectivity index is 0.000000275. The van der Waals surface area contributed by atoms with Gasteiger partial charge in [0, 0.05) is 114 Å². The number of carbonyl (C=O) groups excluding carboxylic acids is 2. The molecule has 0 radical (unpaired) electrons. The van der Waals surface area contributed by atoms with E-state index in [1.54, 1.807) is 42.0 Å². The number of nitrogen functional groups attached to an aromatic ring is 2. The number of methoxy groups -OCH3 is 4. The highest BCUT2D eigenvalue weighted by atomic mass is 79.9. The number of benzene rings is 6. The van der Waals surface area contributed by atoms with Gasteiger partial charge in [-0.25, -0.2) is 73.8 Å². The highest BCUT2D eigenvalue weighted by Gasteiger charge is 2.32. The third kappa shape index (κ3) is 28.5. The summed E-state index contributed by atoms with van der Waals surface area (Å²) in [7, 11) is 5.37. The molecule has 10 aromatic rings. The van der Waals surface area contributed by atoms with E-state index < -0.39 is 98.6 Å². The van der Waals surface area contributed by atoms with Crippen molar-refractivity contribution >= 4 is 73.6 Å². The second kappa shape index (κ2) is 51.3. The highest BCUT2D eigenvalue weighted by molar-refractivity contribution is 9.09. The predicted molar refractivity (Wildman–Crippen MR) is 477 cm³/mol. The molecule has 3 fully saturated rings. The zero-order valence-electron chi connectivity index (χ0n) is 69.3. The van der Waals surface area contributed by atoms with E-state index in [4.69, 9.17) is 51.3 Å². The highest BCUT2D eigenvalue weighted by Crippen LogP contribution is 2.37. The quantitative estimate of drug-likeness (QED) is 0.0169. The minimum absolute atomic E-state index is 0. The summed E-state index contributed by atoms with van der Waals surface area (Å²) in [6, 6.07) is 38.4. The molecule has 14 rings (SSSR count). The number of aromatic carboxylic acids is 1. The van der Waals surface area contributed by atoms with Crippen molar-refractivity contribution in [2.45, 2.75) is 125 Å². The number of rotatable bonds is 26. The lowest BCUT2D eigenvalue weighted by molar-refractivity contribution is -0.138. The third-order valence-corrected chi connectivity index (χ3v) is 21.4. The molecule has 6 N–H and O–H groups in total. The van der Waals surface area contributed by atoms with Crippen molar-refractivity contribution in [1.82, 2.24) is 39.2 Å². The van der Waals surface area contributed by atoms with Crippen molar-refractivity contribution in [2.24, 2.45) is 4.99 Å². The number of aromatic nitrogens is 5. The first-order chi connectivity index (χ1) is 61.1.